The van der Waals surface area contributed by atoms with Gasteiger partial charge in [0.15, 0.2) is 5.11 Å². The van der Waals surface area contributed by atoms with E-state index in [9.17, 15) is 14.4 Å². The second-order valence-electron chi connectivity index (χ2n) is 7.56. The third-order valence-corrected chi connectivity index (χ3v) is 6.58. The van der Waals surface area contributed by atoms with E-state index in [-0.39, 0.29) is 24.8 Å². The van der Waals surface area contributed by atoms with Crippen molar-refractivity contribution in [1.29, 1.82) is 0 Å². The van der Waals surface area contributed by atoms with Crippen LogP contribution in [0.4, 0.5) is 11.4 Å². The van der Waals surface area contributed by atoms with Crippen molar-refractivity contribution in [2.75, 3.05) is 16.8 Å². The summed E-state index contributed by atoms with van der Waals surface area (Å²) in [4.78, 5) is 42.5. The molecule has 34 heavy (non-hydrogen) atoms. The number of anilines is 2. The highest BCUT2D eigenvalue weighted by atomic mass is 32.1. The Morgan fingerprint density at radius 3 is 2.44 bits per heavy atom. The van der Waals surface area contributed by atoms with E-state index in [0.717, 1.165) is 4.88 Å². The number of hydrogen-bond acceptors (Lipinski definition) is 6. The van der Waals surface area contributed by atoms with Gasteiger partial charge in [-0.25, -0.2) is 4.79 Å². The van der Waals surface area contributed by atoms with E-state index >= 15 is 0 Å². The normalized spacial score (nSPS) is 15.5. The zero-order valence-corrected chi connectivity index (χ0v) is 20.1. The first-order chi connectivity index (χ1) is 16.5. The molecular weight excluding hydrogens is 470 g/mol. The van der Waals surface area contributed by atoms with E-state index in [1.54, 1.807) is 47.4 Å². The molecule has 1 aromatic heterocycles. The first kappa shape index (κ1) is 23.6. The summed E-state index contributed by atoms with van der Waals surface area (Å²) in [6, 6.07) is 18.8. The molecule has 7 nitrogen and oxygen atoms in total. The molecule has 1 N–H and O–H groups in total. The molecular formula is C25H23N3O4S2. The van der Waals surface area contributed by atoms with Crippen LogP contribution in [0.15, 0.2) is 72.1 Å². The van der Waals surface area contributed by atoms with E-state index in [1.165, 1.54) is 4.90 Å². The van der Waals surface area contributed by atoms with Crippen molar-refractivity contribution in [1.82, 2.24) is 4.90 Å². The lowest BCUT2D eigenvalue weighted by Gasteiger charge is -2.23. The van der Waals surface area contributed by atoms with Crippen LogP contribution in [0.5, 0.6) is 0 Å². The number of nitrogens with zero attached hydrogens (tertiary/aromatic N) is 2. The van der Waals surface area contributed by atoms with Crippen molar-refractivity contribution in [3.05, 3.63) is 82.6 Å². The minimum atomic E-state index is -0.728. The fourth-order valence-electron chi connectivity index (χ4n) is 3.69. The summed E-state index contributed by atoms with van der Waals surface area (Å²) in [6.07, 6.45) is -0.0622. The summed E-state index contributed by atoms with van der Waals surface area (Å²) < 4.78 is 4.98. The topological polar surface area (TPSA) is 78.9 Å². The second kappa shape index (κ2) is 10.6. The molecule has 174 valence electrons. The molecule has 0 bridgehead atoms. The standard InChI is InChI=1S/C25H23N3O4S2/c1-2-32-24(31)17-10-12-18(13-11-17)26-22(29)15-21-23(30)28(19-7-4-3-5-8-19)25(33)27(21)16-20-9-6-14-34-20/h3-14,21H,2,15-16H2,1H3,(H,26,29). The number of hydrogen-bond donors (Lipinski definition) is 1. The predicted molar refractivity (Wildman–Crippen MR) is 136 cm³/mol. The summed E-state index contributed by atoms with van der Waals surface area (Å²) >= 11 is 7.25. The molecule has 1 saturated heterocycles. The average molecular weight is 494 g/mol. The minimum Gasteiger partial charge on any atom is -0.462 e. The summed E-state index contributed by atoms with van der Waals surface area (Å²) in [5.41, 5.74) is 1.60. The zero-order valence-electron chi connectivity index (χ0n) is 18.5. The lowest BCUT2D eigenvalue weighted by molar-refractivity contribution is -0.124. The van der Waals surface area contributed by atoms with Crippen LogP contribution < -0.4 is 10.2 Å². The first-order valence-corrected chi connectivity index (χ1v) is 12.1. The Kier molecular flexibility index (Phi) is 7.34. The highest BCUT2D eigenvalue weighted by molar-refractivity contribution is 7.80. The largest absolute Gasteiger partial charge is 0.462 e. The zero-order chi connectivity index (χ0) is 24.1. The van der Waals surface area contributed by atoms with Crippen molar-refractivity contribution in [2.45, 2.75) is 25.9 Å². The third-order valence-electron chi connectivity index (χ3n) is 5.30. The molecule has 2 aromatic carbocycles. The van der Waals surface area contributed by atoms with E-state index in [0.29, 0.717) is 28.6 Å². The molecule has 1 unspecified atom stereocenters. The van der Waals surface area contributed by atoms with E-state index in [1.807, 2.05) is 47.8 Å². The molecule has 4 rings (SSSR count). The van der Waals surface area contributed by atoms with Gasteiger partial charge in [-0.2, -0.15) is 0 Å². The van der Waals surface area contributed by atoms with Crippen LogP contribution in [-0.4, -0.2) is 40.4 Å². The number of esters is 1. The van der Waals surface area contributed by atoms with Crippen LogP contribution in [0.2, 0.25) is 0 Å². The van der Waals surface area contributed by atoms with Gasteiger partial charge in [0.05, 0.1) is 30.8 Å². The summed E-state index contributed by atoms with van der Waals surface area (Å²) in [7, 11) is 0. The highest BCUT2D eigenvalue weighted by Gasteiger charge is 2.44. The molecule has 1 fully saturated rings. The van der Waals surface area contributed by atoms with E-state index in [2.05, 4.69) is 5.32 Å². The molecule has 2 amide bonds. The smallest absolute Gasteiger partial charge is 0.338 e. The lowest BCUT2D eigenvalue weighted by atomic mass is 10.1. The van der Waals surface area contributed by atoms with Gasteiger partial charge in [-0.05, 0) is 67.0 Å². The quantitative estimate of drug-likeness (QED) is 0.369. The molecule has 1 aliphatic rings. The van der Waals surface area contributed by atoms with E-state index < -0.39 is 12.0 Å². The van der Waals surface area contributed by atoms with Gasteiger partial charge < -0.3 is 15.0 Å². The van der Waals surface area contributed by atoms with Gasteiger partial charge in [0.1, 0.15) is 6.04 Å². The number of para-hydroxylation sites is 1. The maximum atomic E-state index is 13.4. The predicted octanol–water partition coefficient (Wildman–Crippen LogP) is 4.46. The van der Waals surface area contributed by atoms with Crippen LogP contribution in [0.3, 0.4) is 0 Å². The Morgan fingerprint density at radius 2 is 1.79 bits per heavy atom. The average Bonchev–Trinajstić information content (AvgIpc) is 3.43. The fraction of sp³-hybridized carbons (Fsp3) is 0.200. The number of rotatable bonds is 8. The molecule has 0 spiro atoms. The highest BCUT2D eigenvalue weighted by Crippen LogP contribution is 2.29. The molecule has 1 atom stereocenters. The van der Waals surface area contributed by atoms with Crippen LogP contribution in [0.25, 0.3) is 0 Å². The summed E-state index contributed by atoms with van der Waals surface area (Å²) in [5.74, 6) is -0.979. The minimum absolute atomic E-state index is 0.0622. The van der Waals surface area contributed by atoms with Crippen molar-refractivity contribution in [3.63, 3.8) is 0 Å². The molecule has 3 aromatic rings. The van der Waals surface area contributed by atoms with Crippen LogP contribution in [0, 0.1) is 0 Å². The van der Waals surface area contributed by atoms with Gasteiger partial charge in [0, 0.05) is 10.6 Å². The van der Waals surface area contributed by atoms with Gasteiger partial charge in [-0.15, -0.1) is 11.3 Å². The third kappa shape index (κ3) is 5.16. The van der Waals surface area contributed by atoms with Crippen LogP contribution in [0.1, 0.15) is 28.6 Å². The number of carbonyl (C=O) groups excluding carboxylic acids is 3. The molecule has 2 heterocycles. The monoisotopic (exact) mass is 493 g/mol. The Labute approximate surface area is 206 Å². The first-order valence-electron chi connectivity index (χ1n) is 10.8. The fourth-order valence-corrected chi connectivity index (χ4v) is 4.78. The Hall–Kier alpha value is -3.56. The number of thiophene rings is 1. The number of carbonyl (C=O) groups is 3. The SMILES string of the molecule is CCOC(=O)c1ccc(NC(=O)CC2C(=O)N(c3ccccc3)C(=S)N2Cc2cccs2)cc1. The number of thiocarbonyl (C=S) groups is 1. The Morgan fingerprint density at radius 1 is 1.06 bits per heavy atom. The number of nitrogens with one attached hydrogen (secondary N) is 1. The van der Waals surface area contributed by atoms with Gasteiger partial charge in [0.25, 0.3) is 5.91 Å². The molecule has 0 radical (unpaired) electrons. The van der Waals surface area contributed by atoms with E-state index in [4.69, 9.17) is 17.0 Å². The summed E-state index contributed by atoms with van der Waals surface area (Å²) in [5, 5.41) is 5.15. The van der Waals surface area contributed by atoms with Gasteiger partial charge in [-0.1, -0.05) is 24.3 Å². The van der Waals surface area contributed by atoms with Crippen molar-refractivity contribution < 1.29 is 19.1 Å². The van der Waals surface area contributed by atoms with Gasteiger partial charge >= 0.3 is 5.97 Å². The van der Waals surface area contributed by atoms with Crippen molar-refractivity contribution in [3.8, 4) is 0 Å². The Bertz CT molecular complexity index is 1180. The lowest BCUT2D eigenvalue weighted by Crippen LogP contribution is -2.37. The molecule has 0 aliphatic carbocycles. The van der Waals surface area contributed by atoms with Gasteiger partial charge in [0.2, 0.25) is 5.91 Å². The second-order valence-corrected chi connectivity index (χ2v) is 8.96. The molecule has 1 aliphatic heterocycles. The number of ether oxygens (including phenoxy) is 1. The van der Waals surface area contributed by atoms with Gasteiger partial charge in [-0.3, -0.25) is 14.5 Å². The van der Waals surface area contributed by atoms with Crippen LogP contribution in [-0.2, 0) is 20.9 Å². The number of amides is 2. The molecule has 9 heteroatoms. The number of benzene rings is 2. The summed E-state index contributed by atoms with van der Waals surface area (Å²) in [6.45, 7) is 2.47. The molecule has 0 saturated carbocycles. The van der Waals surface area contributed by atoms with Crippen molar-refractivity contribution in [2.24, 2.45) is 0 Å². The maximum absolute atomic E-state index is 13.4. The van der Waals surface area contributed by atoms with Crippen molar-refractivity contribution >= 4 is 57.8 Å². The maximum Gasteiger partial charge on any atom is 0.338 e. The van der Waals surface area contributed by atoms with Crippen LogP contribution >= 0.6 is 23.6 Å². The Balaban J connectivity index is 1.50.